The van der Waals surface area contributed by atoms with Crippen LogP contribution < -0.4 is 10.1 Å². The molecule has 0 aromatic heterocycles. The molecule has 0 atom stereocenters. The van der Waals surface area contributed by atoms with E-state index in [1.807, 2.05) is 0 Å². The molecule has 2 aromatic carbocycles. The maximum absolute atomic E-state index is 12.5. The fraction of sp³-hybridized carbons (Fsp3) is 0.278. The second-order valence-electron chi connectivity index (χ2n) is 5.89. The van der Waals surface area contributed by atoms with E-state index in [0.29, 0.717) is 29.6 Å². The number of ether oxygens (including phenoxy) is 1. The lowest BCUT2D eigenvalue weighted by Gasteiger charge is -2.17. The number of carbonyl (C=O) groups is 1. The molecule has 6 nitrogen and oxygen atoms in total. The van der Waals surface area contributed by atoms with E-state index >= 15 is 0 Å². The molecule has 0 aliphatic carbocycles. The maximum atomic E-state index is 12.5. The molecule has 0 heterocycles. The van der Waals surface area contributed by atoms with Crippen molar-refractivity contribution in [1.29, 1.82) is 0 Å². The van der Waals surface area contributed by atoms with Gasteiger partial charge < -0.3 is 10.1 Å². The van der Waals surface area contributed by atoms with Gasteiger partial charge in [-0.15, -0.1) is 0 Å². The maximum Gasteiger partial charge on any atom is 0.341 e. The van der Waals surface area contributed by atoms with Crippen LogP contribution in [0.4, 0.5) is 14.5 Å². The van der Waals surface area contributed by atoms with Crippen LogP contribution in [0.25, 0.3) is 0 Å². The number of sulfone groups is 1. The molecule has 0 unspecified atom stereocenters. The van der Waals surface area contributed by atoms with Crippen LogP contribution >= 0.6 is 11.6 Å². The summed E-state index contributed by atoms with van der Waals surface area (Å²) in [4.78, 5) is 13.3. The summed E-state index contributed by atoms with van der Waals surface area (Å²) in [5.41, 5.74) is 0.305. The Hall–Kier alpha value is -2.23. The minimum atomic E-state index is -4.66. The molecule has 0 bridgehead atoms. The Balaban J connectivity index is 1.80. The average molecular weight is 433 g/mol. The fourth-order valence-electron chi connectivity index (χ4n) is 2.23. The van der Waals surface area contributed by atoms with E-state index in [0.717, 1.165) is 12.1 Å². The molecule has 0 radical (unpaired) electrons. The third-order valence-electron chi connectivity index (χ3n) is 3.68. The van der Waals surface area contributed by atoms with E-state index in [2.05, 4.69) is 5.32 Å². The second kappa shape index (κ2) is 9.81. The number of para-hydroxylation sites is 1. The van der Waals surface area contributed by atoms with Crippen molar-refractivity contribution >= 4 is 33.0 Å². The van der Waals surface area contributed by atoms with Crippen molar-refractivity contribution < 1.29 is 26.7 Å². The minimum Gasteiger partial charge on any atom is -0.491 e. The van der Waals surface area contributed by atoms with Crippen LogP contribution in [-0.4, -0.2) is 51.7 Å². The van der Waals surface area contributed by atoms with Gasteiger partial charge in [-0.25, -0.2) is 8.42 Å². The van der Waals surface area contributed by atoms with Gasteiger partial charge in [0.2, 0.25) is 15.7 Å². The van der Waals surface area contributed by atoms with Crippen LogP contribution in [0.15, 0.2) is 53.4 Å². The van der Waals surface area contributed by atoms with Crippen LogP contribution in [0, 0.1) is 0 Å². The smallest absolute Gasteiger partial charge is 0.341 e. The van der Waals surface area contributed by atoms with Gasteiger partial charge in [0.05, 0.1) is 16.5 Å². The van der Waals surface area contributed by atoms with Gasteiger partial charge in [0, 0.05) is 12.2 Å². The summed E-state index contributed by atoms with van der Waals surface area (Å²) in [5, 5.41) is 3.07. The van der Waals surface area contributed by atoms with E-state index in [9.17, 15) is 22.0 Å². The standard InChI is InChI=1S/C18H19ClF2N2O4S/c1-23(10-11-27-16-5-3-2-4-15(16)19)12-17(24)22-13-6-8-14(9-7-13)28(25,26)18(20)21/h2-9,18H,10-12H2,1H3,(H,22,24). The SMILES string of the molecule is CN(CCOc1ccccc1Cl)CC(=O)Nc1ccc(S(=O)(=O)C(F)F)cc1. The first-order chi connectivity index (χ1) is 13.2. The third-order valence-corrected chi connectivity index (χ3v) is 5.39. The Morgan fingerprint density at radius 3 is 2.43 bits per heavy atom. The topological polar surface area (TPSA) is 75.7 Å². The number of hydrogen-bond acceptors (Lipinski definition) is 5. The number of hydrogen-bond donors (Lipinski definition) is 1. The number of nitrogens with zero attached hydrogens (tertiary/aromatic N) is 1. The highest BCUT2D eigenvalue weighted by Crippen LogP contribution is 2.23. The lowest BCUT2D eigenvalue weighted by atomic mass is 10.3. The molecule has 0 fully saturated rings. The number of likely N-dealkylation sites (N-methyl/N-ethyl adjacent to an activating group) is 1. The van der Waals surface area contributed by atoms with E-state index < -0.39 is 20.5 Å². The monoisotopic (exact) mass is 432 g/mol. The summed E-state index contributed by atoms with van der Waals surface area (Å²) < 4.78 is 53.3. The Labute approximate surface area is 167 Å². The lowest BCUT2D eigenvalue weighted by Crippen LogP contribution is -2.33. The van der Waals surface area contributed by atoms with Gasteiger partial charge >= 0.3 is 5.76 Å². The third kappa shape index (κ3) is 6.15. The van der Waals surface area contributed by atoms with E-state index in [1.54, 1.807) is 36.2 Å². The first-order valence-electron chi connectivity index (χ1n) is 8.18. The molecular weight excluding hydrogens is 414 g/mol. The van der Waals surface area contributed by atoms with E-state index in [-0.39, 0.29) is 12.5 Å². The predicted molar refractivity (Wildman–Crippen MR) is 103 cm³/mol. The minimum absolute atomic E-state index is 0.0585. The number of halogens is 3. The van der Waals surface area contributed by atoms with Gasteiger partial charge in [0.25, 0.3) is 0 Å². The summed E-state index contributed by atoms with van der Waals surface area (Å²) >= 11 is 5.99. The highest BCUT2D eigenvalue weighted by Gasteiger charge is 2.26. The number of benzene rings is 2. The first-order valence-corrected chi connectivity index (χ1v) is 10.1. The Bertz CT molecular complexity index is 908. The quantitative estimate of drug-likeness (QED) is 0.658. The molecule has 0 saturated heterocycles. The highest BCUT2D eigenvalue weighted by atomic mass is 35.5. The van der Waals surface area contributed by atoms with Gasteiger partial charge in [0.1, 0.15) is 12.4 Å². The summed E-state index contributed by atoms with van der Waals surface area (Å²) in [6.07, 6.45) is 0. The van der Waals surface area contributed by atoms with E-state index in [1.165, 1.54) is 12.1 Å². The molecule has 2 aromatic rings. The number of alkyl halides is 2. The summed E-state index contributed by atoms with van der Waals surface area (Å²) in [7, 11) is -2.92. The van der Waals surface area contributed by atoms with Gasteiger partial charge in [-0.1, -0.05) is 23.7 Å². The number of amides is 1. The van der Waals surface area contributed by atoms with Gasteiger partial charge in [-0.2, -0.15) is 8.78 Å². The zero-order chi connectivity index (χ0) is 20.7. The zero-order valence-corrected chi connectivity index (χ0v) is 16.5. The van der Waals surface area contributed by atoms with E-state index in [4.69, 9.17) is 16.3 Å². The first kappa shape index (κ1) is 22.1. The van der Waals surface area contributed by atoms with Crippen molar-refractivity contribution in [3.05, 3.63) is 53.6 Å². The highest BCUT2D eigenvalue weighted by molar-refractivity contribution is 7.91. The average Bonchev–Trinajstić information content (AvgIpc) is 2.63. The van der Waals surface area contributed by atoms with Crippen LogP contribution in [0.2, 0.25) is 5.02 Å². The Kier molecular flexibility index (Phi) is 7.73. The molecule has 0 spiro atoms. The summed E-state index contributed by atoms with van der Waals surface area (Å²) in [6.45, 7) is 0.848. The second-order valence-corrected chi connectivity index (χ2v) is 8.22. The Morgan fingerprint density at radius 2 is 1.82 bits per heavy atom. The van der Waals surface area contributed by atoms with Crippen LogP contribution in [0.5, 0.6) is 5.75 Å². The normalized spacial score (nSPS) is 11.6. The van der Waals surface area contributed by atoms with Gasteiger partial charge in [-0.05, 0) is 43.4 Å². The van der Waals surface area contributed by atoms with Crippen molar-refractivity contribution in [2.45, 2.75) is 10.7 Å². The fourth-order valence-corrected chi connectivity index (χ4v) is 3.14. The summed E-state index contributed by atoms with van der Waals surface area (Å²) in [6, 6.07) is 11.6. The van der Waals surface area contributed by atoms with Crippen molar-refractivity contribution in [3.63, 3.8) is 0 Å². The lowest BCUT2D eigenvalue weighted by molar-refractivity contribution is -0.117. The van der Waals surface area contributed by atoms with Gasteiger partial charge in [0.15, 0.2) is 0 Å². The number of anilines is 1. The van der Waals surface area contributed by atoms with Crippen molar-refractivity contribution in [3.8, 4) is 5.75 Å². The van der Waals surface area contributed by atoms with Crippen LogP contribution in [0.3, 0.4) is 0 Å². The van der Waals surface area contributed by atoms with Crippen molar-refractivity contribution in [2.24, 2.45) is 0 Å². The molecule has 28 heavy (non-hydrogen) atoms. The molecule has 10 heteroatoms. The molecule has 1 amide bonds. The molecule has 152 valence electrons. The molecule has 0 aliphatic rings. The molecule has 0 saturated carbocycles. The predicted octanol–water partition coefficient (Wildman–Crippen LogP) is 3.29. The van der Waals surface area contributed by atoms with Crippen molar-refractivity contribution in [1.82, 2.24) is 4.90 Å². The number of rotatable bonds is 9. The van der Waals surface area contributed by atoms with Crippen molar-refractivity contribution in [2.75, 3.05) is 32.1 Å². The summed E-state index contributed by atoms with van der Waals surface area (Å²) in [5.74, 6) is -3.28. The molecule has 1 N–H and O–H groups in total. The zero-order valence-electron chi connectivity index (χ0n) is 14.9. The number of carbonyl (C=O) groups excluding carboxylic acids is 1. The van der Waals surface area contributed by atoms with Gasteiger partial charge in [-0.3, -0.25) is 9.69 Å². The van der Waals surface area contributed by atoms with Crippen LogP contribution in [-0.2, 0) is 14.6 Å². The molecule has 0 aliphatic heterocycles. The molecule has 2 rings (SSSR count). The number of nitrogens with one attached hydrogen (secondary N) is 1. The molecular formula is C18H19ClF2N2O4S. The largest absolute Gasteiger partial charge is 0.491 e. The van der Waals surface area contributed by atoms with Crippen LogP contribution in [0.1, 0.15) is 0 Å². The Morgan fingerprint density at radius 1 is 1.18 bits per heavy atom.